The summed E-state index contributed by atoms with van der Waals surface area (Å²) in [6.45, 7) is 2.26. The van der Waals surface area contributed by atoms with E-state index in [0.29, 0.717) is 26.1 Å². The van der Waals surface area contributed by atoms with E-state index in [1.165, 1.54) is 17.7 Å². The minimum atomic E-state index is -0.754. The molecule has 3 aromatic rings. The Balaban J connectivity index is 1.17. The van der Waals surface area contributed by atoms with E-state index in [0.717, 1.165) is 43.5 Å². The number of para-hydroxylation sites is 1. The lowest BCUT2D eigenvalue weighted by Crippen LogP contribution is -2.44. The van der Waals surface area contributed by atoms with Crippen LogP contribution in [0.2, 0.25) is 0 Å². The van der Waals surface area contributed by atoms with Gasteiger partial charge in [0.15, 0.2) is 22.6 Å². The number of carbonyl (C=O) groups excluding carboxylic acids is 3. The van der Waals surface area contributed by atoms with E-state index in [9.17, 15) is 23.6 Å². The highest BCUT2D eigenvalue weighted by molar-refractivity contribution is 5.95. The summed E-state index contributed by atoms with van der Waals surface area (Å²) >= 11 is 0. The summed E-state index contributed by atoms with van der Waals surface area (Å²) in [7, 11) is 0. The summed E-state index contributed by atoms with van der Waals surface area (Å²) in [5.74, 6) is -1.59. The first kappa shape index (κ1) is 24.7. The number of hydrogen-bond donors (Lipinski definition) is 1. The minimum absolute atomic E-state index is 0.0455. The molecule has 192 valence electrons. The van der Waals surface area contributed by atoms with Gasteiger partial charge in [0.25, 0.3) is 5.91 Å². The molecule has 2 aliphatic heterocycles. The van der Waals surface area contributed by atoms with Crippen LogP contribution >= 0.6 is 0 Å². The Kier molecular flexibility index (Phi) is 7.03. The highest BCUT2D eigenvalue weighted by atomic mass is 19.1. The number of piperidine rings is 1. The molecule has 8 nitrogen and oxygen atoms in total. The van der Waals surface area contributed by atoms with Crippen LogP contribution in [0.5, 0.6) is 0 Å². The number of nitrogens with zero attached hydrogens (tertiary/aromatic N) is 2. The van der Waals surface area contributed by atoms with Gasteiger partial charge in [0.05, 0.1) is 11.9 Å². The number of carbonyl (C=O) groups is 3. The van der Waals surface area contributed by atoms with Gasteiger partial charge < -0.3 is 19.5 Å². The number of hydrogen-bond acceptors (Lipinski definition) is 5. The van der Waals surface area contributed by atoms with Crippen LogP contribution in [0.3, 0.4) is 0 Å². The van der Waals surface area contributed by atoms with Crippen LogP contribution in [0.1, 0.15) is 53.3 Å². The van der Waals surface area contributed by atoms with E-state index in [2.05, 4.69) is 17.4 Å². The summed E-state index contributed by atoms with van der Waals surface area (Å²) in [6, 6.07) is 13.1. The van der Waals surface area contributed by atoms with E-state index in [1.807, 2.05) is 17.0 Å². The van der Waals surface area contributed by atoms with Crippen molar-refractivity contribution >= 4 is 28.7 Å². The fourth-order valence-electron chi connectivity index (χ4n) is 5.20. The Morgan fingerprint density at radius 2 is 1.81 bits per heavy atom. The maximum atomic E-state index is 14.0. The summed E-state index contributed by atoms with van der Waals surface area (Å²) < 4.78 is 19.3. The van der Waals surface area contributed by atoms with Crippen molar-refractivity contribution in [2.75, 3.05) is 26.2 Å². The summed E-state index contributed by atoms with van der Waals surface area (Å²) in [4.78, 5) is 53.2. The van der Waals surface area contributed by atoms with Crippen LogP contribution in [0, 0.1) is 5.82 Å². The Morgan fingerprint density at radius 3 is 2.57 bits per heavy atom. The summed E-state index contributed by atoms with van der Waals surface area (Å²) in [6.07, 6.45) is 3.08. The molecule has 0 aliphatic carbocycles. The summed E-state index contributed by atoms with van der Waals surface area (Å²) in [5, 5.41) is 2.53. The first-order valence-corrected chi connectivity index (χ1v) is 12.5. The zero-order valence-electron chi connectivity index (χ0n) is 20.4. The first-order valence-electron chi connectivity index (χ1n) is 12.5. The molecular weight excluding hydrogens is 477 g/mol. The van der Waals surface area contributed by atoms with Crippen molar-refractivity contribution in [1.82, 2.24) is 15.1 Å². The third kappa shape index (κ3) is 5.26. The Bertz CT molecular complexity index is 1410. The number of rotatable bonds is 6. The standard InChI is InChI=1S/C28H28FN3O5/c29-22-8-3-7-21-23(33)15-24(37-27(21)22)28(36)30-16-26(35)31-13-10-18(11-14-31)20-6-2-1-5-19(20)17-32-12-4-9-25(32)34/h1-3,5-8,15,18H,4,9-14,16-17H2,(H,30,36). The lowest BCUT2D eigenvalue weighted by Gasteiger charge is -2.33. The molecule has 0 saturated carbocycles. The van der Waals surface area contributed by atoms with Gasteiger partial charge in [-0.2, -0.15) is 0 Å². The molecule has 1 aromatic heterocycles. The SMILES string of the molecule is O=C(NCC(=O)N1CCC(c2ccccc2CN2CCCC2=O)CC1)c1cc(=O)c2cccc(F)c2o1. The second-order valence-electron chi connectivity index (χ2n) is 9.55. The lowest BCUT2D eigenvalue weighted by atomic mass is 9.86. The van der Waals surface area contributed by atoms with E-state index in [4.69, 9.17) is 4.42 Å². The van der Waals surface area contributed by atoms with Crippen molar-refractivity contribution < 1.29 is 23.2 Å². The monoisotopic (exact) mass is 505 g/mol. The van der Waals surface area contributed by atoms with Crippen LogP contribution in [-0.4, -0.2) is 53.7 Å². The highest BCUT2D eigenvalue weighted by Gasteiger charge is 2.27. The molecule has 2 aliphatic rings. The minimum Gasteiger partial charge on any atom is -0.448 e. The molecule has 0 radical (unpaired) electrons. The van der Waals surface area contributed by atoms with E-state index in [1.54, 1.807) is 4.90 Å². The molecule has 3 amide bonds. The van der Waals surface area contributed by atoms with Crippen molar-refractivity contribution in [2.45, 2.75) is 38.1 Å². The molecular formula is C28H28FN3O5. The molecule has 37 heavy (non-hydrogen) atoms. The molecule has 2 fully saturated rings. The molecule has 2 saturated heterocycles. The molecule has 3 heterocycles. The molecule has 5 rings (SSSR count). The van der Waals surface area contributed by atoms with Gasteiger partial charge in [0.1, 0.15) is 0 Å². The zero-order valence-corrected chi connectivity index (χ0v) is 20.4. The molecule has 0 spiro atoms. The number of nitrogens with one attached hydrogen (secondary N) is 1. The molecule has 1 N–H and O–H groups in total. The third-order valence-corrected chi connectivity index (χ3v) is 7.21. The van der Waals surface area contributed by atoms with Crippen LogP contribution in [0.15, 0.2) is 57.7 Å². The van der Waals surface area contributed by atoms with Gasteiger partial charge in [-0.15, -0.1) is 0 Å². The van der Waals surface area contributed by atoms with Gasteiger partial charge in [-0.1, -0.05) is 30.3 Å². The lowest BCUT2D eigenvalue weighted by molar-refractivity contribution is -0.131. The fourth-order valence-corrected chi connectivity index (χ4v) is 5.20. The van der Waals surface area contributed by atoms with Gasteiger partial charge >= 0.3 is 0 Å². The number of likely N-dealkylation sites (tertiary alicyclic amines) is 2. The van der Waals surface area contributed by atoms with Gasteiger partial charge in [-0.05, 0) is 48.4 Å². The van der Waals surface area contributed by atoms with Crippen molar-refractivity contribution in [1.29, 1.82) is 0 Å². The normalized spacial score (nSPS) is 16.4. The quantitative estimate of drug-likeness (QED) is 0.555. The fraction of sp³-hybridized carbons (Fsp3) is 0.357. The molecule has 0 bridgehead atoms. The van der Waals surface area contributed by atoms with Crippen molar-refractivity contribution in [3.63, 3.8) is 0 Å². The van der Waals surface area contributed by atoms with Crippen LogP contribution in [-0.2, 0) is 16.1 Å². The van der Waals surface area contributed by atoms with Gasteiger partial charge in [-0.3, -0.25) is 19.2 Å². The average Bonchev–Trinajstić information content (AvgIpc) is 3.32. The number of halogens is 1. The van der Waals surface area contributed by atoms with Crippen molar-refractivity contribution in [3.05, 3.63) is 81.5 Å². The molecule has 0 atom stereocenters. The largest absolute Gasteiger partial charge is 0.448 e. The number of amides is 3. The number of fused-ring (bicyclic) bond motifs is 1. The topological polar surface area (TPSA) is 99.9 Å². The van der Waals surface area contributed by atoms with Gasteiger partial charge in [-0.25, -0.2) is 4.39 Å². The van der Waals surface area contributed by atoms with Crippen LogP contribution < -0.4 is 10.7 Å². The molecule has 0 unspecified atom stereocenters. The maximum Gasteiger partial charge on any atom is 0.287 e. The summed E-state index contributed by atoms with van der Waals surface area (Å²) in [5.41, 5.74) is 1.56. The van der Waals surface area contributed by atoms with E-state index >= 15 is 0 Å². The van der Waals surface area contributed by atoms with Gasteiger partial charge in [0.2, 0.25) is 11.8 Å². The van der Waals surface area contributed by atoms with Crippen molar-refractivity contribution in [3.8, 4) is 0 Å². The highest BCUT2D eigenvalue weighted by Crippen LogP contribution is 2.31. The van der Waals surface area contributed by atoms with Crippen LogP contribution in [0.4, 0.5) is 4.39 Å². The molecule has 2 aromatic carbocycles. The zero-order chi connectivity index (χ0) is 25.9. The predicted molar refractivity (Wildman–Crippen MR) is 134 cm³/mol. The predicted octanol–water partition coefficient (Wildman–Crippen LogP) is 3.19. The smallest absolute Gasteiger partial charge is 0.287 e. The Labute approximate surface area is 213 Å². The maximum absolute atomic E-state index is 14.0. The van der Waals surface area contributed by atoms with E-state index < -0.39 is 17.2 Å². The number of benzene rings is 2. The first-order chi connectivity index (χ1) is 17.9. The van der Waals surface area contributed by atoms with Crippen molar-refractivity contribution in [2.24, 2.45) is 0 Å². The Hall–Kier alpha value is -4.01. The van der Waals surface area contributed by atoms with E-state index in [-0.39, 0.29) is 41.0 Å². The van der Waals surface area contributed by atoms with Gasteiger partial charge in [0, 0.05) is 38.7 Å². The molecule has 9 heteroatoms. The Morgan fingerprint density at radius 1 is 1.03 bits per heavy atom. The average molecular weight is 506 g/mol. The third-order valence-electron chi connectivity index (χ3n) is 7.21. The second kappa shape index (κ2) is 10.5. The van der Waals surface area contributed by atoms with Crippen LogP contribution in [0.25, 0.3) is 11.0 Å². The second-order valence-corrected chi connectivity index (χ2v) is 9.55.